The number of hydrogen-bond acceptors (Lipinski definition) is 6. The lowest BCUT2D eigenvalue weighted by atomic mass is 9.92. The van der Waals surface area contributed by atoms with Crippen LogP contribution in [0.25, 0.3) is 119 Å². The van der Waals surface area contributed by atoms with Gasteiger partial charge in [0.05, 0.1) is 0 Å². The van der Waals surface area contributed by atoms with Crippen molar-refractivity contribution in [3.63, 3.8) is 0 Å². The summed E-state index contributed by atoms with van der Waals surface area (Å²) in [6.45, 7) is 0. The summed E-state index contributed by atoms with van der Waals surface area (Å²) in [5.74, 6) is 1.86. The summed E-state index contributed by atoms with van der Waals surface area (Å²) in [6, 6.07) is 62.1. The molecule has 0 amide bonds. The topological polar surface area (TPSA) is 51.8 Å². The first kappa shape index (κ1) is 32.3. The van der Waals surface area contributed by atoms with Gasteiger partial charge in [-0.25, -0.2) is 15.0 Å². The second kappa shape index (κ2) is 12.8. The summed E-state index contributed by atoms with van der Waals surface area (Å²) in [5.41, 5.74) is 9.24. The quantitative estimate of drug-likeness (QED) is 0.175. The number of hydrogen-bond donors (Lipinski definition) is 0. The highest BCUT2D eigenvalue weighted by molar-refractivity contribution is 7.26. The number of fused-ring (bicyclic) bond motifs is 9. The van der Waals surface area contributed by atoms with E-state index >= 15 is 0 Å². The molecule has 0 aliphatic rings. The normalized spacial score (nSPS) is 11.9. The van der Waals surface area contributed by atoms with Gasteiger partial charge in [0, 0.05) is 67.8 Å². The first-order chi connectivity index (χ1) is 28.2. The molecule has 6 heteroatoms. The van der Waals surface area contributed by atoms with Crippen LogP contribution in [0.15, 0.2) is 180 Å². The van der Waals surface area contributed by atoms with Crippen LogP contribution in [0.2, 0.25) is 0 Å². The van der Waals surface area contributed by atoms with Crippen molar-refractivity contribution in [1.82, 2.24) is 15.0 Å². The van der Waals surface area contributed by atoms with Gasteiger partial charge in [-0.2, -0.15) is 0 Å². The highest BCUT2D eigenvalue weighted by Gasteiger charge is 2.19. The molecule has 0 atom stereocenters. The van der Waals surface area contributed by atoms with Crippen LogP contribution in [0.3, 0.4) is 0 Å². The van der Waals surface area contributed by atoms with Crippen LogP contribution >= 0.6 is 22.7 Å². The molecule has 57 heavy (non-hydrogen) atoms. The third-order valence-electron chi connectivity index (χ3n) is 10.9. The molecule has 4 heterocycles. The zero-order valence-electron chi connectivity index (χ0n) is 30.3. The van der Waals surface area contributed by atoms with Gasteiger partial charge in [-0.3, -0.25) is 0 Å². The van der Waals surface area contributed by atoms with Crippen LogP contribution in [-0.2, 0) is 0 Å². The van der Waals surface area contributed by atoms with Gasteiger partial charge in [-0.15, -0.1) is 22.7 Å². The summed E-state index contributed by atoms with van der Waals surface area (Å²) >= 11 is 3.73. The molecule has 0 saturated heterocycles. The molecule has 0 N–H and O–H groups in total. The first-order valence-corrected chi connectivity index (χ1v) is 20.6. The minimum Gasteiger partial charge on any atom is -0.456 e. The molecule has 0 radical (unpaired) electrons. The Morgan fingerprint density at radius 3 is 1.60 bits per heavy atom. The Morgan fingerprint density at radius 2 is 0.895 bits per heavy atom. The average molecular weight is 764 g/mol. The van der Waals surface area contributed by atoms with Gasteiger partial charge < -0.3 is 4.42 Å². The molecule has 0 bridgehead atoms. The number of benzene rings is 8. The maximum Gasteiger partial charge on any atom is 0.164 e. The molecule has 12 rings (SSSR count). The van der Waals surface area contributed by atoms with Crippen LogP contribution in [0.1, 0.15) is 0 Å². The molecule has 0 aliphatic carbocycles. The van der Waals surface area contributed by atoms with Gasteiger partial charge in [-0.1, -0.05) is 121 Å². The average Bonchev–Trinajstić information content (AvgIpc) is 3.97. The fourth-order valence-corrected chi connectivity index (χ4v) is 10.6. The van der Waals surface area contributed by atoms with Crippen LogP contribution in [-0.4, -0.2) is 15.0 Å². The predicted molar refractivity (Wildman–Crippen MR) is 240 cm³/mol. The van der Waals surface area contributed by atoms with Gasteiger partial charge in [0.15, 0.2) is 17.5 Å². The molecule has 8 aromatic carbocycles. The van der Waals surface area contributed by atoms with Crippen LogP contribution in [0.5, 0.6) is 0 Å². The Hall–Kier alpha value is -6.99. The number of aromatic nitrogens is 3. The van der Waals surface area contributed by atoms with Crippen LogP contribution in [0.4, 0.5) is 0 Å². The molecular formula is C51H29N3OS2. The van der Waals surface area contributed by atoms with E-state index in [1.807, 2.05) is 83.3 Å². The Labute approximate surface area is 335 Å². The van der Waals surface area contributed by atoms with E-state index in [4.69, 9.17) is 19.4 Å². The number of rotatable bonds is 5. The van der Waals surface area contributed by atoms with E-state index in [-0.39, 0.29) is 0 Å². The van der Waals surface area contributed by atoms with Crippen LogP contribution in [0, 0.1) is 0 Å². The minimum atomic E-state index is 0.600. The zero-order valence-corrected chi connectivity index (χ0v) is 31.9. The molecule has 0 spiro atoms. The number of nitrogens with zero attached hydrogens (tertiary/aromatic N) is 3. The predicted octanol–water partition coefficient (Wildman–Crippen LogP) is 14.8. The molecule has 0 fully saturated rings. The van der Waals surface area contributed by atoms with Crippen molar-refractivity contribution in [3.8, 4) is 56.4 Å². The number of thiophene rings is 2. The van der Waals surface area contributed by atoms with Gasteiger partial charge in [0.2, 0.25) is 0 Å². The Kier molecular flexibility index (Phi) is 7.24. The van der Waals surface area contributed by atoms with E-state index in [9.17, 15) is 0 Å². The summed E-state index contributed by atoms with van der Waals surface area (Å²) in [5, 5.41) is 7.32. The highest BCUT2D eigenvalue weighted by Crippen LogP contribution is 2.46. The Bertz CT molecular complexity index is 3470. The molecule has 12 aromatic rings. The van der Waals surface area contributed by atoms with Gasteiger partial charge in [0.25, 0.3) is 0 Å². The SMILES string of the molecule is c1ccc(-c2nc(-c3ccccc3)nc(-c3ccc4c(c3)oc3ccc(-c5cc(-c6cccc7sc8ccccc8c67)cc6sc7ccccc7c56)cc34)n2)cc1. The molecule has 266 valence electrons. The standard InChI is InChI=1S/C51H29N3OS2/c1-3-12-30(13-4-1)49-52-50(31-14-5-2-6-15-31)54-51(53-49)33-22-24-36-40-26-32(23-25-41(40)55-42(36)28-33)39-27-34(29-46-48(39)38-17-8-10-20-44(38)57-46)35-18-11-21-45-47(35)37-16-7-9-19-43(37)56-45/h1-29H. The largest absolute Gasteiger partial charge is 0.456 e. The van der Waals surface area contributed by atoms with Crippen molar-refractivity contribution in [3.05, 3.63) is 176 Å². The minimum absolute atomic E-state index is 0.600. The lowest BCUT2D eigenvalue weighted by Crippen LogP contribution is -2.00. The van der Waals surface area contributed by atoms with E-state index in [0.717, 1.165) is 44.2 Å². The second-order valence-electron chi connectivity index (χ2n) is 14.3. The Morgan fingerprint density at radius 1 is 0.316 bits per heavy atom. The summed E-state index contributed by atoms with van der Waals surface area (Å²) in [7, 11) is 0. The molecule has 0 aliphatic heterocycles. The monoisotopic (exact) mass is 763 g/mol. The van der Waals surface area contributed by atoms with Crippen LogP contribution < -0.4 is 0 Å². The molecular weight excluding hydrogens is 735 g/mol. The maximum absolute atomic E-state index is 6.58. The second-order valence-corrected chi connectivity index (χ2v) is 16.5. The fraction of sp³-hybridized carbons (Fsp3) is 0. The van der Waals surface area contributed by atoms with E-state index < -0.39 is 0 Å². The van der Waals surface area contributed by atoms with Crippen molar-refractivity contribution in [1.29, 1.82) is 0 Å². The summed E-state index contributed by atoms with van der Waals surface area (Å²) < 4.78 is 11.8. The lowest BCUT2D eigenvalue weighted by Gasteiger charge is -2.11. The van der Waals surface area contributed by atoms with E-state index in [1.54, 1.807) is 0 Å². The van der Waals surface area contributed by atoms with Crippen molar-refractivity contribution in [2.45, 2.75) is 0 Å². The van der Waals surface area contributed by atoms with Gasteiger partial charge in [0.1, 0.15) is 11.2 Å². The summed E-state index contributed by atoms with van der Waals surface area (Å²) in [4.78, 5) is 14.8. The third-order valence-corrected chi connectivity index (χ3v) is 13.2. The van der Waals surface area contributed by atoms with Crippen molar-refractivity contribution >= 4 is 85.0 Å². The van der Waals surface area contributed by atoms with Gasteiger partial charge >= 0.3 is 0 Å². The smallest absolute Gasteiger partial charge is 0.164 e. The maximum atomic E-state index is 6.58. The van der Waals surface area contributed by atoms with E-state index in [1.165, 1.54) is 57.0 Å². The lowest BCUT2D eigenvalue weighted by molar-refractivity contribution is 0.669. The summed E-state index contributed by atoms with van der Waals surface area (Å²) in [6.07, 6.45) is 0. The fourth-order valence-electron chi connectivity index (χ4n) is 8.27. The van der Waals surface area contributed by atoms with Crippen molar-refractivity contribution in [2.24, 2.45) is 0 Å². The van der Waals surface area contributed by atoms with Crippen molar-refractivity contribution < 1.29 is 4.42 Å². The Balaban J connectivity index is 1.03. The van der Waals surface area contributed by atoms with E-state index in [0.29, 0.717) is 17.5 Å². The van der Waals surface area contributed by atoms with Gasteiger partial charge in [-0.05, 0) is 76.9 Å². The third kappa shape index (κ3) is 5.30. The molecule has 4 nitrogen and oxygen atoms in total. The molecule has 0 saturated carbocycles. The number of furan rings is 1. The zero-order chi connectivity index (χ0) is 37.5. The first-order valence-electron chi connectivity index (χ1n) is 18.9. The molecule has 4 aromatic heterocycles. The molecule has 0 unspecified atom stereocenters. The van der Waals surface area contributed by atoms with Crippen molar-refractivity contribution in [2.75, 3.05) is 0 Å². The van der Waals surface area contributed by atoms with E-state index in [2.05, 4.69) is 115 Å². The highest BCUT2D eigenvalue weighted by atomic mass is 32.1.